The Labute approximate surface area is 124 Å². The summed E-state index contributed by atoms with van der Waals surface area (Å²) in [6.07, 6.45) is 0. The number of aromatic nitrogens is 2. The summed E-state index contributed by atoms with van der Waals surface area (Å²) in [5.74, 6) is -0.836. The van der Waals surface area contributed by atoms with Crippen molar-refractivity contribution in [3.8, 4) is 0 Å². The Morgan fingerprint density at radius 2 is 2.19 bits per heavy atom. The molecule has 0 aliphatic rings. The monoisotopic (exact) mass is 331 g/mol. The van der Waals surface area contributed by atoms with E-state index >= 15 is 0 Å². The molecule has 1 heterocycles. The average molecular weight is 332 g/mol. The van der Waals surface area contributed by atoms with Crippen LogP contribution in [0, 0.1) is 6.92 Å². The summed E-state index contributed by atoms with van der Waals surface area (Å²) in [7, 11) is -3.92. The maximum atomic E-state index is 12.1. The van der Waals surface area contributed by atoms with Gasteiger partial charge in [-0.1, -0.05) is 16.8 Å². The van der Waals surface area contributed by atoms with Crippen LogP contribution in [0.4, 0.5) is 0 Å². The lowest BCUT2D eigenvalue weighted by atomic mass is 10.2. The van der Waals surface area contributed by atoms with Gasteiger partial charge in [-0.2, -0.15) is 4.98 Å². The van der Waals surface area contributed by atoms with Crippen LogP contribution in [0.15, 0.2) is 27.6 Å². The minimum absolute atomic E-state index is 0.0472. The van der Waals surface area contributed by atoms with Crippen LogP contribution >= 0.6 is 11.6 Å². The van der Waals surface area contributed by atoms with Gasteiger partial charge in [0.25, 0.3) is 0 Å². The minimum atomic E-state index is -3.92. The van der Waals surface area contributed by atoms with Gasteiger partial charge in [0.1, 0.15) is 0 Å². The second kappa shape index (κ2) is 5.80. The zero-order valence-corrected chi connectivity index (χ0v) is 12.3. The fourth-order valence-corrected chi connectivity index (χ4v) is 2.69. The predicted molar refractivity (Wildman–Crippen MR) is 71.5 cm³/mol. The largest absolute Gasteiger partial charge is 0.478 e. The van der Waals surface area contributed by atoms with Crippen molar-refractivity contribution in [2.24, 2.45) is 0 Å². The second-order valence-electron chi connectivity index (χ2n) is 4.01. The van der Waals surface area contributed by atoms with Crippen LogP contribution in [0.3, 0.4) is 0 Å². The summed E-state index contributed by atoms with van der Waals surface area (Å²) in [5, 5.41) is 12.4. The number of carboxylic acids is 1. The highest BCUT2D eigenvalue weighted by Gasteiger charge is 2.19. The Balaban J connectivity index is 2.23. The van der Waals surface area contributed by atoms with Gasteiger partial charge in [-0.15, -0.1) is 0 Å². The molecule has 0 aliphatic carbocycles. The molecule has 112 valence electrons. The fraction of sp³-hybridized carbons (Fsp3) is 0.182. The molecule has 0 radical (unpaired) electrons. The molecule has 0 fully saturated rings. The van der Waals surface area contributed by atoms with E-state index in [1.54, 1.807) is 6.92 Å². The normalized spacial score (nSPS) is 11.5. The highest BCUT2D eigenvalue weighted by atomic mass is 35.5. The van der Waals surface area contributed by atoms with Gasteiger partial charge in [-0.3, -0.25) is 0 Å². The first kappa shape index (κ1) is 15.4. The molecule has 10 heteroatoms. The van der Waals surface area contributed by atoms with Crippen molar-refractivity contribution in [3.05, 3.63) is 40.5 Å². The van der Waals surface area contributed by atoms with Crippen LogP contribution in [0.2, 0.25) is 5.02 Å². The minimum Gasteiger partial charge on any atom is -0.478 e. The number of benzene rings is 1. The van der Waals surface area contributed by atoms with Crippen LogP contribution in [0.5, 0.6) is 0 Å². The highest BCUT2D eigenvalue weighted by Crippen LogP contribution is 2.20. The summed E-state index contributed by atoms with van der Waals surface area (Å²) in [6.45, 7) is 1.40. The molecule has 0 bridgehead atoms. The van der Waals surface area contributed by atoms with Crippen LogP contribution in [-0.4, -0.2) is 29.6 Å². The highest BCUT2D eigenvalue weighted by molar-refractivity contribution is 7.89. The number of nitrogens with zero attached hydrogens (tertiary/aromatic N) is 2. The number of sulfonamides is 1. The molecule has 2 aromatic rings. The number of halogens is 1. The number of hydrogen-bond acceptors (Lipinski definition) is 6. The number of carboxylic acid groups (broad SMARTS) is 1. The first-order chi connectivity index (χ1) is 9.79. The van der Waals surface area contributed by atoms with Crippen molar-refractivity contribution in [2.75, 3.05) is 0 Å². The molecular formula is C11H10ClN3O5S. The first-order valence-electron chi connectivity index (χ1n) is 5.61. The van der Waals surface area contributed by atoms with E-state index < -0.39 is 16.0 Å². The molecule has 0 unspecified atom stereocenters. The van der Waals surface area contributed by atoms with Crippen molar-refractivity contribution >= 4 is 27.6 Å². The molecule has 8 nitrogen and oxygen atoms in total. The van der Waals surface area contributed by atoms with Gasteiger partial charge in [-0.05, 0) is 25.1 Å². The quantitative estimate of drug-likeness (QED) is 0.844. The van der Waals surface area contributed by atoms with E-state index in [0.717, 1.165) is 6.07 Å². The smallest absolute Gasteiger partial charge is 0.337 e. The Morgan fingerprint density at radius 3 is 2.76 bits per heavy atom. The van der Waals surface area contributed by atoms with Crippen molar-refractivity contribution in [3.63, 3.8) is 0 Å². The van der Waals surface area contributed by atoms with Gasteiger partial charge in [-0.25, -0.2) is 17.9 Å². The summed E-state index contributed by atoms with van der Waals surface area (Å²) in [5.41, 5.74) is -0.298. The standard InChI is InChI=1S/C11H10ClN3O5S/c1-6-14-10(20-15-6)5-13-21(18,19)7-2-3-9(12)8(4-7)11(16)17/h2-4,13H,5H2,1H3,(H,16,17). The Kier molecular flexibility index (Phi) is 4.26. The molecule has 21 heavy (non-hydrogen) atoms. The summed E-state index contributed by atoms with van der Waals surface area (Å²) in [4.78, 5) is 14.6. The van der Waals surface area contributed by atoms with Crippen molar-refractivity contribution < 1.29 is 22.8 Å². The molecule has 0 spiro atoms. The Bertz CT molecular complexity index is 787. The maximum Gasteiger partial charge on any atom is 0.337 e. The molecule has 0 atom stereocenters. The van der Waals surface area contributed by atoms with E-state index in [1.165, 1.54) is 12.1 Å². The molecule has 2 rings (SSSR count). The second-order valence-corrected chi connectivity index (χ2v) is 6.18. The van der Waals surface area contributed by atoms with E-state index in [0.29, 0.717) is 5.82 Å². The third-order valence-electron chi connectivity index (χ3n) is 2.46. The van der Waals surface area contributed by atoms with Gasteiger partial charge in [0, 0.05) is 0 Å². The molecule has 1 aromatic carbocycles. The maximum absolute atomic E-state index is 12.1. The zero-order valence-electron chi connectivity index (χ0n) is 10.7. The number of carbonyl (C=O) groups is 1. The molecule has 0 aliphatic heterocycles. The average Bonchev–Trinajstić information content (AvgIpc) is 2.82. The molecule has 2 N–H and O–H groups in total. The SMILES string of the molecule is Cc1noc(CNS(=O)(=O)c2ccc(Cl)c(C(=O)O)c2)n1. The number of aryl methyl sites for hydroxylation is 1. The predicted octanol–water partition coefficient (Wildman–Crippen LogP) is 1.21. The van der Waals surface area contributed by atoms with E-state index in [1.807, 2.05) is 0 Å². The van der Waals surface area contributed by atoms with Crippen molar-refractivity contribution in [1.29, 1.82) is 0 Å². The van der Waals surface area contributed by atoms with Gasteiger partial charge in [0.2, 0.25) is 15.9 Å². The van der Waals surface area contributed by atoms with E-state index in [2.05, 4.69) is 14.9 Å². The van der Waals surface area contributed by atoms with Gasteiger partial charge < -0.3 is 9.63 Å². The van der Waals surface area contributed by atoms with Crippen LogP contribution in [0.1, 0.15) is 22.1 Å². The molecule has 0 amide bonds. The lowest BCUT2D eigenvalue weighted by Crippen LogP contribution is -2.23. The molecular weight excluding hydrogens is 322 g/mol. The van der Waals surface area contributed by atoms with E-state index in [4.69, 9.17) is 21.2 Å². The zero-order chi connectivity index (χ0) is 15.6. The number of nitrogens with one attached hydrogen (secondary N) is 1. The molecule has 1 aromatic heterocycles. The summed E-state index contributed by atoms with van der Waals surface area (Å²) in [6, 6.07) is 3.39. The van der Waals surface area contributed by atoms with Crippen molar-refractivity contribution in [1.82, 2.24) is 14.9 Å². The molecule has 0 saturated carbocycles. The van der Waals surface area contributed by atoms with Crippen LogP contribution < -0.4 is 4.72 Å². The first-order valence-corrected chi connectivity index (χ1v) is 7.47. The molecule has 0 saturated heterocycles. The number of rotatable bonds is 5. The fourth-order valence-electron chi connectivity index (χ4n) is 1.49. The van der Waals surface area contributed by atoms with Gasteiger partial charge >= 0.3 is 5.97 Å². The van der Waals surface area contributed by atoms with Crippen LogP contribution in [-0.2, 0) is 16.6 Å². The summed E-state index contributed by atoms with van der Waals surface area (Å²) < 4.78 is 31.1. The topological polar surface area (TPSA) is 122 Å². The summed E-state index contributed by atoms with van der Waals surface area (Å²) >= 11 is 5.69. The Hall–Kier alpha value is -1.97. The van der Waals surface area contributed by atoms with E-state index in [-0.39, 0.29) is 27.9 Å². The Morgan fingerprint density at radius 1 is 1.48 bits per heavy atom. The van der Waals surface area contributed by atoms with Gasteiger partial charge in [0.05, 0.1) is 22.0 Å². The van der Waals surface area contributed by atoms with Crippen molar-refractivity contribution in [2.45, 2.75) is 18.4 Å². The van der Waals surface area contributed by atoms with Gasteiger partial charge in [0.15, 0.2) is 5.82 Å². The number of hydrogen-bond donors (Lipinski definition) is 2. The third-order valence-corrected chi connectivity index (χ3v) is 4.19. The number of aromatic carboxylic acids is 1. The lowest BCUT2D eigenvalue weighted by Gasteiger charge is -2.06. The lowest BCUT2D eigenvalue weighted by molar-refractivity contribution is 0.0697. The third kappa shape index (κ3) is 3.57. The van der Waals surface area contributed by atoms with E-state index in [9.17, 15) is 13.2 Å². The van der Waals surface area contributed by atoms with Crippen LogP contribution in [0.25, 0.3) is 0 Å².